The van der Waals surface area contributed by atoms with Gasteiger partial charge < -0.3 is 24.7 Å². The third-order valence-electron chi connectivity index (χ3n) is 5.83. The van der Waals surface area contributed by atoms with Crippen molar-refractivity contribution in [2.75, 3.05) is 0 Å². The molecule has 0 bridgehead atoms. The summed E-state index contributed by atoms with van der Waals surface area (Å²) in [5, 5.41) is 0. The van der Waals surface area contributed by atoms with Crippen LogP contribution >= 0.6 is 0 Å². The Morgan fingerprint density at radius 2 is 1.30 bits per heavy atom. The summed E-state index contributed by atoms with van der Waals surface area (Å²) in [5.41, 5.74) is 6.13. The van der Waals surface area contributed by atoms with Crippen molar-refractivity contribution < 1.29 is 38.1 Å². The monoisotopic (exact) mass is 563 g/mol. The molecule has 3 atom stereocenters. The molecule has 0 radical (unpaired) electrons. The maximum Gasteiger partial charge on any atom is 0.323 e. The summed E-state index contributed by atoms with van der Waals surface area (Å²) < 4.78 is 21.9. The number of rotatable bonds is 14. The fourth-order valence-electron chi connectivity index (χ4n) is 3.61. The number of ether oxygens (including phenoxy) is 4. The van der Waals surface area contributed by atoms with Crippen LogP contribution in [0.25, 0.3) is 0 Å². The standard InChI is InChI=1S/C31H49NO8/c1-10-11-12-13-26(33)37-20(2)21(3)38-29(36)23(32)16-22-14-15-24(39-27(34)18-30(4,5)6)25(17-22)40-28(35)19-31(7,8)9/h14-15,17,20-21,23H,10-13,16,18-19,32H2,1-9H3/t20?,21-,23-/m0/s1. The first kappa shape index (κ1) is 35.1. The predicted octanol–water partition coefficient (Wildman–Crippen LogP) is 5.68. The summed E-state index contributed by atoms with van der Waals surface area (Å²) >= 11 is 0. The first-order valence-corrected chi connectivity index (χ1v) is 14.1. The van der Waals surface area contributed by atoms with E-state index in [0.717, 1.165) is 19.3 Å². The summed E-state index contributed by atoms with van der Waals surface area (Å²) in [6.07, 6.45) is 2.11. The van der Waals surface area contributed by atoms with Gasteiger partial charge in [0.05, 0.1) is 12.8 Å². The molecule has 0 aliphatic heterocycles. The third-order valence-corrected chi connectivity index (χ3v) is 5.83. The molecule has 2 N–H and O–H groups in total. The van der Waals surface area contributed by atoms with E-state index in [4.69, 9.17) is 24.7 Å². The van der Waals surface area contributed by atoms with Crippen molar-refractivity contribution >= 4 is 23.9 Å². The van der Waals surface area contributed by atoms with E-state index in [0.29, 0.717) is 12.0 Å². The molecule has 0 fully saturated rings. The van der Waals surface area contributed by atoms with E-state index < -0.39 is 36.2 Å². The number of nitrogens with two attached hydrogens (primary N) is 1. The van der Waals surface area contributed by atoms with Crippen molar-refractivity contribution in [2.45, 2.75) is 126 Å². The van der Waals surface area contributed by atoms with Crippen LogP contribution in [0, 0.1) is 10.8 Å². The zero-order valence-electron chi connectivity index (χ0n) is 25.8. The van der Waals surface area contributed by atoms with Crippen molar-refractivity contribution in [1.29, 1.82) is 0 Å². The minimum absolute atomic E-state index is 0.0755. The molecule has 0 aliphatic rings. The third kappa shape index (κ3) is 14.4. The second kappa shape index (κ2) is 15.7. The largest absolute Gasteiger partial charge is 0.459 e. The molecule has 1 aromatic rings. The maximum atomic E-state index is 12.7. The molecule has 0 saturated heterocycles. The van der Waals surface area contributed by atoms with Gasteiger partial charge in [-0.15, -0.1) is 0 Å². The zero-order valence-corrected chi connectivity index (χ0v) is 25.8. The molecule has 1 aromatic carbocycles. The van der Waals surface area contributed by atoms with Crippen LogP contribution in [0.2, 0.25) is 0 Å². The highest BCUT2D eigenvalue weighted by atomic mass is 16.6. The highest BCUT2D eigenvalue weighted by molar-refractivity contribution is 5.78. The highest BCUT2D eigenvalue weighted by Crippen LogP contribution is 2.32. The lowest BCUT2D eigenvalue weighted by Crippen LogP contribution is -2.39. The summed E-state index contributed by atoms with van der Waals surface area (Å²) in [5.74, 6) is -1.74. The molecule has 40 heavy (non-hydrogen) atoms. The van der Waals surface area contributed by atoms with E-state index in [-0.39, 0.29) is 47.6 Å². The summed E-state index contributed by atoms with van der Waals surface area (Å²) in [4.78, 5) is 49.7. The van der Waals surface area contributed by atoms with Gasteiger partial charge in [-0.05, 0) is 55.2 Å². The van der Waals surface area contributed by atoms with Gasteiger partial charge in [0.1, 0.15) is 18.2 Å². The summed E-state index contributed by atoms with van der Waals surface area (Å²) in [7, 11) is 0. The number of esters is 4. The number of hydrogen-bond donors (Lipinski definition) is 1. The minimum atomic E-state index is -1.03. The van der Waals surface area contributed by atoms with E-state index in [9.17, 15) is 19.2 Å². The highest BCUT2D eigenvalue weighted by Gasteiger charge is 2.26. The average molecular weight is 564 g/mol. The van der Waals surface area contributed by atoms with Crippen LogP contribution in [0.15, 0.2) is 18.2 Å². The van der Waals surface area contributed by atoms with Gasteiger partial charge in [0.15, 0.2) is 11.5 Å². The van der Waals surface area contributed by atoms with Crippen molar-refractivity contribution in [2.24, 2.45) is 16.6 Å². The molecule has 226 valence electrons. The van der Waals surface area contributed by atoms with Crippen LogP contribution in [0.5, 0.6) is 11.5 Å². The SMILES string of the molecule is CCCCCC(=O)OC(C)[C@H](C)OC(=O)[C@@H](N)Cc1ccc(OC(=O)CC(C)(C)C)c(OC(=O)CC(C)(C)C)c1. The smallest absolute Gasteiger partial charge is 0.323 e. The van der Waals surface area contributed by atoms with E-state index in [2.05, 4.69) is 6.92 Å². The Balaban J connectivity index is 2.93. The number of hydrogen-bond acceptors (Lipinski definition) is 9. The Labute approximate surface area is 239 Å². The number of benzene rings is 1. The molecule has 0 aliphatic carbocycles. The van der Waals surface area contributed by atoms with Crippen LogP contribution in [-0.4, -0.2) is 42.1 Å². The van der Waals surface area contributed by atoms with Crippen molar-refractivity contribution in [3.63, 3.8) is 0 Å². The fourth-order valence-corrected chi connectivity index (χ4v) is 3.61. The van der Waals surface area contributed by atoms with Gasteiger partial charge in [0.2, 0.25) is 0 Å². The van der Waals surface area contributed by atoms with Gasteiger partial charge in [-0.3, -0.25) is 19.2 Å². The predicted molar refractivity (Wildman–Crippen MR) is 153 cm³/mol. The molecule has 1 unspecified atom stereocenters. The Bertz CT molecular complexity index is 1010. The van der Waals surface area contributed by atoms with Crippen molar-refractivity contribution in [3.05, 3.63) is 23.8 Å². The molecule has 9 heteroatoms. The van der Waals surface area contributed by atoms with Gasteiger partial charge in [0.25, 0.3) is 0 Å². The first-order valence-electron chi connectivity index (χ1n) is 14.1. The molecule has 1 rings (SSSR count). The maximum absolute atomic E-state index is 12.7. The van der Waals surface area contributed by atoms with Crippen molar-refractivity contribution in [3.8, 4) is 11.5 Å². The fraction of sp³-hybridized carbons (Fsp3) is 0.677. The second-order valence-corrected chi connectivity index (χ2v) is 12.8. The average Bonchev–Trinajstić information content (AvgIpc) is 2.78. The Morgan fingerprint density at radius 3 is 1.82 bits per heavy atom. The molecular formula is C31H49NO8. The van der Waals surface area contributed by atoms with Gasteiger partial charge in [-0.1, -0.05) is 67.4 Å². The normalized spacial score (nSPS) is 14.1. The van der Waals surface area contributed by atoms with E-state index in [1.807, 2.05) is 41.5 Å². The molecule has 0 aromatic heterocycles. The Kier molecular flexibility index (Phi) is 13.8. The zero-order chi connectivity index (χ0) is 30.7. The molecular weight excluding hydrogens is 514 g/mol. The molecule has 0 spiro atoms. The number of carbonyl (C=O) groups is 4. The van der Waals surface area contributed by atoms with Crippen molar-refractivity contribution in [1.82, 2.24) is 0 Å². The number of unbranched alkanes of at least 4 members (excludes halogenated alkanes) is 2. The van der Waals surface area contributed by atoms with Crippen LogP contribution in [-0.2, 0) is 35.1 Å². The van der Waals surface area contributed by atoms with Crippen LogP contribution in [0.3, 0.4) is 0 Å². The van der Waals surface area contributed by atoms with Crippen LogP contribution < -0.4 is 15.2 Å². The Morgan fingerprint density at radius 1 is 0.775 bits per heavy atom. The molecule has 0 heterocycles. The van der Waals surface area contributed by atoms with Gasteiger partial charge in [-0.25, -0.2) is 0 Å². The number of carbonyl (C=O) groups excluding carboxylic acids is 4. The van der Waals surface area contributed by atoms with Crippen LogP contribution in [0.1, 0.15) is 106 Å². The summed E-state index contributed by atoms with van der Waals surface area (Å²) in [6.45, 7) is 16.8. The van der Waals surface area contributed by atoms with E-state index >= 15 is 0 Å². The van der Waals surface area contributed by atoms with E-state index in [1.54, 1.807) is 19.9 Å². The quantitative estimate of drug-likeness (QED) is 0.172. The van der Waals surface area contributed by atoms with Gasteiger partial charge >= 0.3 is 23.9 Å². The lowest BCUT2D eigenvalue weighted by molar-refractivity contribution is -0.166. The molecule has 9 nitrogen and oxygen atoms in total. The Hall–Kier alpha value is -2.94. The lowest BCUT2D eigenvalue weighted by Gasteiger charge is -2.22. The minimum Gasteiger partial charge on any atom is -0.459 e. The first-order chi connectivity index (χ1) is 18.4. The molecule has 0 saturated carbocycles. The lowest BCUT2D eigenvalue weighted by atomic mass is 9.92. The van der Waals surface area contributed by atoms with Gasteiger partial charge in [-0.2, -0.15) is 0 Å². The summed E-state index contributed by atoms with van der Waals surface area (Å²) in [6, 6.07) is 3.69. The topological polar surface area (TPSA) is 131 Å². The second-order valence-electron chi connectivity index (χ2n) is 12.8. The molecule has 0 amide bonds. The van der Waals surface area contributed by atoms with Crippen LogP contribution in [0.4, 0.5) is 0 Å². The van der Waals surface area contributed by atoms with E-state index in [1.165, 1.54) is 12.1 Å². The van der Waals surface area contributed by atoms with Gasteiger partial charge in [0, 0.05) is 6.42 Å².